The molecule has 0 bridgehead atoms. The molecule has 3 atom stereocenters. The number of aliphatic hydroxyl groups excluding tert-OH is 1. The summed E-state index contributed by atoms with van der Waals surface area (Å²) < 4.78 is 5.07. The molecule has 4 nitrogen and oxygen atoms in total. The van der Waals surface area contributed by atoms with Gasteiger partial charge in [0.2, 0.25) is 6.41 Å². The van der Waals surface area contributed by atoms with E-state index in [1.807, 2.05) is 0 Å². The average Bonchev–Trinajstić information content (AvgIpc) is 2.22. The van der Waals surface area contributed by atoms with Crippen LogP contribution in [0.4, 0.5) is 0 Å². The number of hydrogen-bond donors (Lipinski definition) is 3. The average molecular weight is 130 g/mol. The van der Waals surface area contributed by atoms with Crippen molar-refractivity contribution in [3.8, 4) is 0 Å². The van der Waals surface area contributed by atoms with Crippen LogP contribution in [0.3, 0.4) is 0 Å². The van der Waals surface area contributed by atoms with Gasteiger partial charge in [0.1, 0.15) is 0 Å². The highest BCUT2D eigenvalue weighted by Crippen LogP contribution is 2.12. The van der Waals surface area contributed by atoms with Crippen molar-refractivity contribution in [2.24, 2.45) is 0 Å². The summed E-state index contributed by atoms with van der Waals surface area (Å²) in [6.45, 7) is 1.76. The van der Waals surface area contributed by atoms with E-state index < -0.39 is 6.41 Å². The zero-order valence-electron chi connectivity index (χ0n) is 5.00. The van der Waals surface area contributed by atoms with Crippen LogP contribution >= 0.6 is 0 Å². The number of aliphatic hydroxyl groups is 1. The van der Waals surface area contributed by atoms with Crippen molar-refractivity contribution in [3.63, 3.8) is 0 Å². The third kappa shape index (κ3) is 0.840. The normalized spacial score (nSPS) is 49.7. The maximum atomic E-state index is 8.87. The van der Waals surface area contributed by atoms with Crippen molar-refractivity contribution < 1.29 is 9.84 Å². The Balaban J connectivity index is 2.02. The van der Waals surface area contributed by atoms with Crippen molar-refractivity contribution in [1.29, 1.82) is 0 Å². The predicted octanol–water partition coefficient (Wildman–Crippen LogP) is -1.78. The quantitative estimate of drug-likeness (QED) is 0.363. The van der Waals surface area contributed by atoms with E-state index in [2.05, 4.69) is 10.6 Å². The number of ether oxygens (including phenoxy) is 1. The SMILES string of the molecule is OC1NC2CNCC2O1. The van der Waals surface area contributed by atoms with Gasteiger partial charge in [0, 0.05) is 13.1 Å². The second kappa shape index (κ2) is 1.91. The summed E-state index contributed by atoms with van der Waals surface area (Å²) in [6.07, 6.45) is -0.554. The molecule has 4 heteroatoms. The fourth-order valence-electron chi connectivity index (χ4n) is 1.35. The molecule has 0 radical (unpaired) electrons. The molecule has 0 aliphatic carbocycles. The lowest BCUT2D eigenvalue weighted by atomic mass is 10.2. The number of nitrogens with one attached hydrogen (secondary N) is 2. The Bertz CT molecular complexity index is 108. The van der Waals surface area contributed by atoms with E-state index in [-0.39, 0.29) is 6.10 Å². The van der Waals surface area contributed by atoms with E-state index >= 15 is 0 Å². The molecule has 2 rings (SSSR count). The smallest absolute Gasteiger partial charge is 0.214 e. The Morgan fingerprint density at radius 1 is 1.44 bits per heavy atom. The second-order valence-electron chi connectivity index (χ2n) is 2.46. The Labute approximate surface area is 53.2 Å². The first-order valence-electron chi connectivity index (χ1n) is 3.16. The lowest BCUT2D eigenvalue weighted by Crippen LogP contribution is -2.34. The largest absolute Gasteiger partial charge is 0.356 e. The van der Waals surface area contributed by atoms with Crippen molar-refractivity contribution in [2.45, 2.75) is 18.6 Å². The van der Waals surface area contributed by atoms with Gasteiger partial charge in [0.05, 0.1) is 12.1 Å². The first kappa shape index (κ1) is 5.61. The molecule has 3 N–H and O–H groups in total. The van der Waals surface area contributed by atoms with Gasteiger partial charge in [-0.15, -0.1) is 0 Å². The molecule has 0 amide bonds. The van der Waals surface area contributed by atoms with Crippen LogP contribution in [0.5, 0.6) is 0 Å². The van der Waals surface area contributed by atoms with Gasteiger partial charge >= 0.3 is 0 Å². The van der Waals surface area contributed by atoms with Crippen LogP contribution in [-0.4, -0.2) is 36.8 Å². The van der Waals surface area contributed by atoms with Crippen LogP contribution in [0.15, 0.2) is 0 Å². The highest BCUT2D eigenvalue weighted by atomic mass is 16.6. The Morgan fingerprint density at radius 2 is 2.33 bits per heavy atom. The van der Waals surface area contributed by atoms with Crippen LogP contribution in [0.1, 0.15) is 0 Å². The molecule has 52 valence electrons. The molecule has 2 heterocycles. The summed E-state index contributed by atoms with van der Waals surface area (Å²) in [6, 6.07) is 0.319. The van der Waals surface area contributed by atoms with Crippen LogP contribution in [-0.2, 0) is 4.74 Å². The molecule has 0 aromatic heterocycles. The predicted molar refractivity (Wildman–Crippen MR) is 30.7 cm³/mol. The van der Waals surface area contributed by atoms with Gasteiger partial charge in [-0.25, -0.2) is 0 Å². The first-order valence-corrected chi connectivity index (χ1v) is 3.16. The fourth-order valence-corrected chi connectivity index (χ4v) is 1.35. The lowest BCUT2D eigenvalue weighted by Gasteiger charge is -2.03. The zero-order valence-corrected chi connectivity index (χ0v) is 5.00. The van der Waals surface area contributed by atoms with Crippen LogP contribution in [0.2, 0.25) is 0 Å². The van der Waals surface area contributed by atoms with E-state index in [0.29, 0.717) is 6.04 Å². The molecule has 0 spiro atoms. The van der Waals surface area contributed by atoms with E-state index in [1.165, 1.54) is 0 Å². The molecule has 0 saturated carbocycles. The molecule has 0 aromatic carbocycles. The Hall–Kier alpha value is -0.160. The van der Waals surface area contributed by atoms with E-state index in [4.69, 9.17) is 9.84 Å². The van der Waals surface area contributed by atoms with E-state index in [1.54, 1.807) is 0 Å². The first-order chi connectivity index (χ1) is 4.36. The molecule has 2 fully saturated rings. The van der Waals surface area contributed by atoms with Gasteiger partial charge in [0.15, 0.2) is 0 Å². The highest BCUT2D eigenvalue weighted by Gasteiger charge is 2.36. The van der Waals surface area contributed by atoms with Crippen LogP contribution in [0.25, 0.3) is 0 Å². The maximum Gasteiger partial charge on any atom is 0.214 e. The maximum absolute atomic E-state index is 8.87. The zero-order chi connectivity index (χ0) is 6.27. The topological polar surface area (TPSA) is 53.5 Å². The van der Waals surface area contributed by atoms with Gasteiger partial charge in [0.25, 0.3) is 0 Å². The standard InChI is InChI=1S/C5H10N2O2/c8-5-7-3-1-6-2-4(3)9-5/h3-8H,1-2H2. The van der Waals surface area contributed by atoms with Crippen molar-refractivity contribution in [3.05, 3.63) is 0 Å². The summed E-state index contributed by atoms with van der Waals surface area (Å²) in [5, 5.41) is 14.9. The number of hydrogen-bond acceptors (Lipinski definition) is 4. The van der Waals surface area contributed by atoms with Gasteiger partial charge in [-0.3, -0.25) is 5.32 Å². The second-order valence-corrected chi connectivity index (χ2v) is 2.46. The molecular weight excluding hydrogens is 120 g/mol. The number of fused-ring (bicyclic) bond motifs is 1. The summed E-state index contributed by atoms with van der Waals surface area (Å²) in [4.78, 5) is 0. The highest BCUT2D eigenvalue weighted by molar-refractivity contribution is 4.91. The molecule has 9 heavy (non-hydrogen) atoms. The van der Waals surface area contributed by atoms with Crippen molar-refractivity contribution in [2.75, 3.05) is 13.1 Å². The van der Waals surface area contributed by atoms with Gasteiger partial charge in [-0.05, 0) is 0 Å². The molecule has 2 aliphatic rings. The number of rotatable bonds is 0. The molecule has 2 aliphatic heterocycles. The van der Waals surface area contributed by atoms with Gasteiger partial charge in [-0.2, -0.15) is 0 Å². The molecule has 2 saturated heterocycles. The van der Waals surface area contributed by atoms with Crippen LogP contribution < -0.4 is 10.6 Å². The molecule has 3 unspecified atom stereocenters. The monoisotopic (exact) mass is 130 g/mol. The lowest BCUT2D eigenvalue weighted by molar-refractivity contribution is -0.0977. The Morgan fingerprint density at radius 3 is 3.11 bits per heavy atom. The molecular formula is C5H10N2O2. The minimum Gasteiger partial charge on any atom is -0.356 e. The fraction of sp³-hybridized carbons (Fsp3) is 1.00. The minimum absolute atomic E-state index is 0.181. The van der Waals surface area contributed by atoms with Crippen molar-refractivity contribution >= 4 is 0 Å². The summed E-state index contributed by atoms with van der Waals surface area (Å²) in [7, 11) is 0. The molecule has 0 aromatic rings. The summed E-state index contributed by atoms with van der Waals surface area (Å²) in [5.74, 6) is 0. The van der Waals surface area contributed by atoms with E-state index in [0.717, 1.165) is 13.1 Å². The summed E-state index contributed by atoms with van der Waals surface area (Å²) >= 11 is 0. The third-order valence-electron chi connectivity index (χ3n) is 1.82. The summed E-state index contributed by atoms with van der Waals surface area (Å²) in [5.41, 5.74) is 0. The van der Waals surface area contributed by atoms with E-state index in [9.17, 15) is 0 Å². The minimum atomic E-state index is -0.734. The van der Waals surface area contributed by atoms with Gasteiger partial charge < -0.3 is 15.2 Å². The third-order valence-corrected chi connectivity index (χ3v) is 1.82. The van der Waals surface area contributed by atoms with Gasteiger partial charge in [-0.1, -0.05) is 0 Å². The Kier molecular flexibility index (Phi) is 1.19. The van der Waals surface area contributed by atoms with Crippen molar-refractivity contribution in [1.82, 2.24) is 10.6 Å². The van der Waals surface area contributed by atoms with Crippen LogP contribution in [0, 0.1) is 0 Å².